The van der Waals surface area contributed by atoms with Crippen LogP contribution in [0.4, 0.5) is 0 Å². The first-order valence-corrected chi connectivity index (χ1v) is 8.55. The highest BCUT2D eigenvalue weighted by molar-refractivity contribution is 6.31. The number of hydrogen-bond donors (Lipinski definition) is 2. The molecule has 2 heterocycles. The average Bonchev–Trinajstić information content (AvgIpc) is 3.03. The zero-order valence-electron chi connectivity index (χ0n) is 13.9. The van der Waals surface area contributed by atoms with Crippen LogP contribution >= 0.6 is 11.6 Å². The van der Waals surface area contributed by atoms with Gasteiger partial charge in [-0.25, -0.2) is 14.6 Å². The number of imidazole rings is 1. The summed E-state index contributed by atoms with van der Waals surface area (Å²) in [5.74, 6) is -2.55. The molecule has 28 heavy (non-hydrogen) atoms. The molecule has 2 aromatic heterocycles. The summed E-state index contributed by atoms with van der Waals surface area (Å²) in [6.45, 7) is 0. The normalized spacial score (nSPS) is 11.8. The van der Waals surface area contributed by atoms with Gasteiger partial charge in [0.25, 0.3) is 5.56 Å². The molecule has 0 aliphatic rings. The predicted molar refractivity (Wildman–Crippen MR) is 104 cm³/mol. The molecule has 3 aromatic carbocycles. The third-order valence-corrected chi connectivity index (χ3v) is 5.15. The van der Waals surface area contributed by atoms with E-state index in [1.807, 2.05) is 0 Å². The van der Waals surface area contributed by atoms with E-state index in [0.717, 1.165) is 0 Å². The highest BCUT2D eigenvalue weighted by Crippen LogP contribution is 2.34. The monoisotopic (exact) mass is 392 g/mol. The van der Waals surface area contributed by atoms with Gasteiger partial charge in [0.2, 0.25) is 0 Å². The Morgan fingerprint density at radius 1 is 0.893 bits per heavy atom. The van der Waals surface area contributed by atoms with Crippen molar-refractivity contribution < 1.29 is 19.8 Å². The molecule has 0 saturated heterocycles. The second-order valence-electron chi connectivity index (χ2n) is 6.39. The first-order valence-electron chi connectivity index (χ1n) is 8.18. The topological polar surface area (TPSA) is 109 Å². The maximum absolute atomic E-state index is 13.2. The van der Waals surface area contributed by atoms with Gasteiger partial charge in [0.15, 0.2) is 0 Å². The molecule has 0 spiro atoms. The van der Waals surface area contributed by atoms with Crippen molar-refractivity contribution in [3.8, 4) is 0 Å². The van der Waals surface area contributed by atoms with Crippen molar-refractivity contribution in [2.45, 2.75) is 0 Å². The highest BCUT2D eigenvalue weighted by atomic mass is 35.5. The Morgan fingerprint density at radius 3 is 2.18 bits per heavy atom. The van der Waals surface area contributed by atoms with Crippen LogP contribution in [0.15, 0.2) is 47.3 Å². The van der Waals surface area contributed by atoms with Crippen LogP contribution in [-0.2, 0) is 0 Å². The second-order valence-corrected chi connectivity index (χ2v) is 6.83. The van der Waals surface area contributed by atoms with Gasteiger partial charge in [0.05, 0.1) is 22.2 Å². The van der Waals surface area contributed by atoms with E-state index in [0.29, 0.717) is 27.1 Å². The minimum atomic E-state index is -1.27. The lowest BCUT2D eigenvalue weighted by atomic mass is 9.94. The molecule has 0 amide bonds. The lowest BCUT2D eigenvalue weighted by Crippen LogP contribution is -2.15. The fourth-order valence-corrected chi connectivity index (χ4v) is 3.94. The number of carboxylic acid groups (broad SMARTS) is 2. The van der Waals surface area contributed by atoms with Gasteiger partial charge in [-0.15, -0.1) is 0 Å². The zero-order chi connectivity index (χ0) is 19.7. The van der Waals surface area contributed by atoms with Crippen LogP contribution in [0.5, 0.6) is 0 Å². The van der Waals surface area contributed by atoms with E-state index in [9.17, 15) is 24.6 Å². The number of fused-ring (bicyclic) bond motifs is 4. The van der Waals surface area contributed by atoms with Gasteiger partial charge in [-0.1, -0.05) is 11.6 Å². The summed E-state index contributed by atoms with van der Waals surface area (Å²) in [6, 6.07) is 10.5. The Bertz CT molecular complexity index is 1530. The van der Waals surface area contributed by atoms with Crippen molar-refractivity contribution in [2.24, 2.45) is 0 Å². The number of nitrogens with zero attached hydrogens (tertiary/aromatic N) is 2. The van der Waals surface area contributed by atoms with Crippen LogP contribution in [0, 0.1) is 0 Å². The van der Waals surface area contributed by atoms with Gasteiger partial charge < -0.3 is 10.2 Å². The molecule has 0 saturated carbocycles. The van der Waals surface area contributed by atoms with Gasteiger partial charge in [-0.2, -0.15) is 0 Å². The minimum Gasteiger partial charge on any atom is -0.478 e. The Hall–Kier alpha value is -3.71. The molecule has 2 N–H and O–H groups in total. The molecule has 5 aromatic rings. The molecule has 0 atom stereocenters. The quantitative estimate of drug-likeness (QED) is 0.474. The SMILES string of the molecule is O=C(O)c1ccc2c(=O)n3c4ccc(Cl)cc4nc3c3ccc(C(=O)O)c1c23. The van der Waals surface area contributed by atoms with E-state index in [-0.39, 0.29) is 27.3 Å². The number of hydrogen-bond acceptors (Lipinski definition) is 4. The van der Waals surface area contributed by atoms with E-state index < -0.39 is 17.5 Å². The Kier molecular flexibility index (Phi) is 3.18. The van der Waals surface area contributed by atoms with Crippen molar-refractivity contribution in [1.29, 1.82) is 0 Å². The smallest absolute Gasteiger partial charge is 0.336 e. The number of carbonyl (C=O) groups is 2. The number of aromatic carboxylic acids is 2. The Labute approximate surface area is 160 Å². The lowest BCUT2D eigenvalue weighted by molar-refractivity contribution is 0.0695. The summed E-state index contributed by atoms with van der Waals surface area (Å²) in [6.07, 6.45) is 0. The van der Waals surface area contributed by atoms with E-state index in [1.165, 1.54) is 22.6 Å². The van der Waals surface area contributed by atoms with Crippen LogP contribution in [0.3, 0.4) is 0 Å². The van der Waals surface area contributed by atoms with Gasteiger partial charge in [0.1, 0.15) is 5.65 Å². The highest BCUT2D eigenvalue weighted by Gasteiger charge is 2.23. The summed E-state index contributed by atoms with van der Waals surface area (Å²) in [4.78, 5) is 41.1. The molecule has 5 rings (SSSR count). The molecule has 0 aliphatic heterocycles. The summed E-state index contributed by atoms with van der Waals surface area (Å²) >= 11 is 6.04. The average molecular weight is 393 g/mol. The van der Waals surface area contributed by atoms with Crippen molar-refractivity contribution in [1.82, 2.24) is 9.38 Å². The molecule has 0 radical (unpaired) electrons. The van der Waals surface area contributed by atoms with Crippen LogP contribution in [-0.4, -0.2) is 31.5 Å². The fourth-order valence-electron chi connectivity index (χ4n) is 3.78. The largest absolute Gasteiger partial charge is 0.478 e. The van der Waals surface area contributed by atoms with Crippen molar-refractivity contribution in [3.63, 3.8) is 0 Å². The summed E-state index contributed by atoms with van der Waals surface area (Å²) in [5.41, 5.74) is 0.623. The zero-order valence-corrected chi connectivity index (χ0v) is 14.7. The molecular weight excluding hydrogens is 384 g/mol. The molecule has 7 nitrogen and oxygen atoms in total. The molecule has 0 fully saturated rings. The van der Waals surface area contributed by atoms with Crippen LogP contribution in [0.1, 0.15) is 20.7 Å². The van der Waals surface area contributed by atoms with E-state index >= 15 is 0 Å². The summed E-state index contributed by atoms with van der Waals surface area (Å²) in [7, 11) is 0. The van der Waals surface area contributed by atoms with Crippen molar-refractivity contribution in [3.05, 3.63) is 69.0 Å². The maximum Gasteiger partial charge on any atom is 0.336 e. The number of pyridine rings is 1. The summed E-state index contributed by atoms with van der Waals surface area (Å²) in [5, 5.41) is 20.6. The molecular formula is C20H9ClN2O5. The Morgan fingerprint density at radius 2 is 1.54 bits per heavy atom. The van der Waals surface area contributed by atoms with Crippen LogP contribution in [0.2, 0.25) is 5.02 Å². The van der Waals surface area contributed by atoms with Crippen molar-refractivity contribution in [2.75, 3.05) is 0 Å². The van der Waals surface area contributed by atoms with Gasteiger partial charge in [-0.05, 0) is 42.5 Å². The molecule has 8 heteroatoms. The minimum absolute atomic E-state index is 0.0136. The van der Waals surface area contributed by atoms with Gasteiger partial charge >= 0.3 is 11.9 Å². The molecule has 0 unspecified atom stereocenters. The third kappa shape index (κ3) is 1.99. The molecule has 0 aliphatic carbocycles. The third-order valence-electron chi connectivity index (χ3n) is 4.91. The van der Waals surface area contributed by atoms with Crippen LogP contribution in [0.25, 0.3) is 38.2 Å². The second kappa shape index (κ2) is 5.40. The summed E-state index contributed by atoms with van der Waals surface area (Å²) < 4.78 is 1.43. The predicted octanol–water partition coefficient (Wildman–Crippen LogP) is 3.64. The first-order chi connectivity index (χ1) is 13.4. The molecule has 136 valence electrons. The van der Waals surface area contributed by atoms with Crippen LogP contribution < -0.4 is 5.56 Å². The Balaban J connectivity index is 2.15. The van der Waals surface area contributed by atoms with Gasteiger partial charge in [-0.3, -0.25) is 9.20 Å². The fraction of sp³-hybridized carbons (Fsp3) is 0. The molecule has 0 bridgehead atoms. The van der Waals surface area contributed by atoms with Gasteiger partial charge in [0, 0.05) is 26.6 Å². The van der Waals surface area contributed by atoms with E-state index in [4.69, 9.17) is 11.6 Å². The number of benzene rings is 3. The first kappa shape index (κ1) is 16.5. The lowest BCUT2D eigenvalue weighted by Gasteiger charge is -2.11. The van der Waals surface area contributed by atoms with E-state index in [2.05, 4.69) is 4.98 Å². The number of rotatable bonds is 2. The van der Waals surface area contributed by atoms with Crippen molar-refractivity contribution >= 4 is 61.8 Å². The number of halogens is 1. The number of aromatic nitrogens is 2. The standard InChI is InChI=1S/C20H9ClN2O5/c21-8-1-6-14-13(7-8)22-17-9-2-4-11(19(25)26)16-12(20(27)28)5-3-10(15(9)16)18(24)23(14)17/h1-7H,(H,25,26)(H,27,28). The van der Waals surface area contributed by atoms with E-state index in [1.54, 1.807) is 24.3 Å². The maximum atomic E-state index is 13.2. The number of carboxylic acids is 2.